The average molecular weight is 265 g/mol. The molecule has 0 aliphatic heterocycles. The van der Waals surface area contributed by atoms with E-state index in [0.29, 0.717) is 13.2 Å². The van der Waals surface area contributed by atoms with E-state index in [-0.39, 0.29) is 5.82 Å². The van der Waals surface area contributed by atoms with E-state index >= 15 is 0 Å². The van der Waals surface area contributed by atoms with Crippen molar-refractivity contribution in [2.45, 2.75) is 13.0 Å². The molecule has 0 spiro atoms. The predicted octanol–water partition coefficient (Wildman–Crippen LogP) is 3.23. The van der Waals surface area contributed by atoms with Gasteiger partial charge < -0.3 is 10.1 Å². The maximum Gasteiger partial charge on any atom is 0.123 e. The van der Waals surface area contributed by atoms with Crippen LogP contribution in [0.25, 0.3) is 0 Å². The second-order valence-corrected chi connectivity index (χ2v) is 4.99. The van der Waals surface area contributed by atoms with Gasteiger partial charge in [-0.2, -0.15) is 0 Å². The molecule has 0 aliphatic rings. The second-order valence-electron chi connectivity index (χ2n) is 3.96. The highest BCUT2D eigenvalue weighted by Crippen LogP contribution is 2.20. The Kier molecular flexibility index (Phi) is 4.73. The van der Waals surface area contributed by atoms with Gasteiger partial charge in [-0.3, -0.25) is 0 Å². The molecule has 0 radical (unpaired) electrons. The van der Waals surface area contributed by atoms with Gasteiger partial charge in [0.25, 0.3) is 0 Å². The summed E-state index contributed by atoms with van der Waals surface area (Å²) < 4.78 is 18.9. The molecule has 1 heterocycles. The van der Waals surface area contributed by atoms with Crippen LogP contribution in [0.3, 0.4) is 0 Å². The summed E-state index contributed by atoms with van der Waals surface area (Å²) in [6.45, 7) is 1.22. The standard InChI is InChI=1S/C14H16FNOS/c1-16-10-11-9-12(15)4-5-14(11)17-7-6-13-3-2-8-18-13/h2-5,8-9,16H,6-7,10H2,1H3. The highest BCUT2D eigenvalue weighted by molar-refractivity contribution is 7.09. The fourth-order valence-electron chi connectivity index (χ4n) is 1.73. The number of nitrogens with one attached hydrogen (secondary N) is 1. The minimum absolute atomic E-state index is 0.231. The maximum absolute atomic E-state index is 13.1. The predicted molar refractivity (Wildman–Crippen MR) is 72.7 cm³/mol. The Morgan fingerprint density at radius 3 is 2.94 bits per heavy atom. The number of rotatable bonds is 6. The highest BCUT2D eigenvalue weighted by atomic mass is 32.1. The lowest BCUT2D eigenvalue weighted by Gasteiger charge is -2.11. The molecular weight excluding hydrogens is 249 g/mol. The molecule has 96 valence electrons. The Bertz CT molecular complexity index is 485. The highest BCUT2D eigenvalue weighted by Gasteiger charge is 2.05. The van der Waals surface area contributed by atoms with Crippen molar-refractivity contribution in [3.8, 4) is 5.75 Å². The van der Waals surface area contributed by atoms with Crippen LogP contribution < -0.4 is 10.1 Å². The molecule has 2 aromatic rings. The fourth-order valence-corrected chi connectivity index (χ4v) is 2.42. The monoisotopic (exact) mass is 265 g/mol. The number of halogens is 1. The van der Waals surface area contributed by atoms with Crippen LogP contribution >= 0.6 is 11.3 Å². The van der Waals surface area contributed by atoms with Crippen LogP contribution in [0.5, 0.6) is 5.75 Å². The first-order valence-electron chi connectivity index (χ1n) is 5.88. The van der Waals surface area contributed by atoms with Gasteiger partial charge in [0.15, 0.2) is 0 Å². The Morgan fingerprint density at radius 1 is 1.33 bits per heavy atom. The smallest absolute Gasteiger partial charge is 0.123 e. The number of thiophene rings is 1. The van der Waals surface area contributed by atoms with E-state index in [4.69, 9.17) is 4.74 Å². The van der Waals surface area contributed by atoms with Crippen molar-refractivity contribution in [3.63, 3.8) is 0 Å². The van der Waals surface area contributed by atoms with Gasteiger partial charge in [-0.1, -0.05) is 6.07 Å². The molecule has 0 fully saturated rings. The summed E-state index contributed by atoms with van der Waals surface area (Å²) in [5, 5.41) is 5.07. The molecule has 0 unspecified atom stereocenters. The molecule has 1 aromatic heterocycles. The average Bonchev–Trinajstić information content (AvgIpc) is 2.85. The normalized spacial score (nSPS) is 10.6. The largest absolute Gasteiger partial charge is 0.493 e. The molecule has 0 atom stereocenters. The third-order valence-electron chi connectivity index (χ3n) is 2.58. The van der Waals surface area contributed by atoms with E-state index in [1.807, 2.05) is 13.1 Å². The summed E-state index contributed by atoms with van der Waals surface area (Å²) in [5.41, 5.74) is 0.851. The van der Waals surface area contributed by atoms with E-state index < -0.39 is 0 Å². The van der Waals surface area contributed by atoms with Crippen molar-refractivity contribution in [2.24, 2.45) is 0 Å². The molecule has 1 aromatic carbocycles. The van der Waals surface area contributed by atoms with Crippen molar-refractivity contribution in [1.29, 1.82) is 0 Å². The van der Waals surface area contributed by atoms with Crippen LogP contribution in [-0.4, -0.2) is 13.7 Å². The quantitative estimate of drug-likeness (QED) is 0.866. The van der Waals surface area contributed by atoms with E-state index in [2.05, 4.69) is 16.8 Å². The lowest BCUT2D eigenvalue weighted by Crippen LogP contribution is -2.09. The molecule has 0 bridgehead atoms. The summed E-state index contributed by atoms with van der Waals surface area (Å²) in [4.78, 5) is 1.30. The van der Waals surface area contributed by atoms with Crippen LogP contribution in [-0.2, 0) is 13.0 Å². The summed E-state index contributed by atoms with van der Waals surface area (Å²) >= 11 is 1.72. The third kappa shape index (κ3) is 3.55. The van der Waals surface area contributed by atoms with Crippen LogP contribution in [0.15, 0.2) is 35.7 Å². The molecule has 0 saturated heterocycles. The van der Waals surface area contributed by atoms with Gasteiger partial charge in [-0.25, -0.2) is 4.39 Å². The molecule has 4 heteroatoms. The van der Waals surface area contributed by atoms with Crippen LogP contribution in [0.4, 0.5) is 4.39 Å². The van der Waals surface area contributed by atoms with Crippen molar-refractivity contribution in [3.05, 3.63) is 52.0 Å². The first-order valence-corrected chi connectivity index (χ1v) is 6.76. The minimum Gasteiger partial charge on any atom is -0.493 e. The topological polar surface area (TPSA) is 21.3 Å². The summed E-state index contributed by atoms with van der Waals surface area (Å²) in [6, 6.07) is 8.75. The second kappa shape index (κ2) is 6.52. The molecule has 0 saturated carbocycles. The Balaban J connectivity index is 1.95. The molecule has 18 heavy (non-hydrogen) atoms. The number of benzene rings is 1. The fraction of sp³-hybridized carbons (Fsp3) is 0.286. The Hall–Kier alpha value is -1.39. The summed E-state index contributed by atoms with van der Waals surface area (Å²) in [6.07, 6.45) is 0.883. The molecule has 2 nitrogen and oxygen atoms in total. The minimum atomic E-state index is -0.231. The Labute approximate surface area is 110 Å². The number of ether oxygens (including phenoxy) is 1. The van der Waals surface area contributed by atoms with Crippen LogP contribution in [0.1, 0.15) is 10.4 Å². The lowest BCUT2D eigenvalue weighted by atomic mass is 10.2. The van der Waals surface area contributed by atoms with Crippen molar-refractivity contribution < 1.29 is 9.13 Å². The molecule has 0 aliphatic carbocycles. The lowest BCUT2D eigenvalue weighted by molar-refractivity contribution is 0.318. The van der Waals surface area contributed by atoms with E-state index in [1.165, 1.54) is 17.0 Å². The zero-order chi connectivity index (χ0) is 12.8. The van der Waals surface area contributed by atoms with Crippen LogP contribution in [0.2, 0.25) is 0 Å². The van der Waals surface area contributed by atoms with E-state index in [1.54, 1.807) is 17.4 Å². The van der Waals surface area contributed by atoms with Gasteiger partial charge >= 0.3 is 0 Å². The van der Waals surface area contributed by atoms with Crippen molar-refractivity contribution >= 4 is 11.3 Å². The van der Waals surface area contributed by atoms with Gasteiger partial charge in [0, 0.05) is 23.4 Å². The van der Waals surface area contributed by atoms with Gasteiger partial charge in [0.2, 0.25) is 0 Å². The van der Waals surface area contributed by atoms with Gasteiger partial charge in [0.05, 0.1) is 6.61 Å². The summed E-state index contributed by atoms with van der Waals surface area (Å²) in [5.74, 6) is 0.521. The number of hydrogen-bond donors (Lipinski definition) is 1. The summed E-state index contributed by atoms with van der Waals surface area (Å²) in [7, 11) is 1.83. The zero-order valence-electron chi connectivity index (χ0n) is 10.3. The Morgan fingerprint density at radius 2 is 2.22 bits per heavy atom. The molecular formula is C14H16FNOS. The van der Waals surface area contributed by atoms with E-state index in [0.717, 1.165) is 17.7 Å². The molecule has 0 amide bonds. The van der Waals surface area contributed by atoms with Crippen molar-refractivity contribution in [1.82, 2.24) is 5.32 Å². The third-order valence-corrected chi connectivity index (χ3v) is 3.51. The first kappa shape index (κ1) is 13.1. The maximum atomic E-state index is 13.1. The van der Waals surface area contributed by atoms with Gasteiger partial charge in [0.1, 0.15) is 11.6 Å². The van der Waals surface area contributed by atoms with Crippen LogP contribution in [0, 0.1) is 5.82 Å². The van der Waals surface area contributed by atoms with Gasteiger partial charge in [-0.05, 0) is 36.7 Å². The SMILES string of the molecule is CNCc1cc(F)ccc1OCCc1cccs1. The van der Waals surface area contributed by atoms with Gasteiger partial charge in [-0.15, -0.1) is 11.3 Å². The molecule has 2 rings (SSSR count). The molecule has 1 N–H and O–H groups in total. The van der Waals surface area contributed by atoms with E-state index in [9.17, 15) is 4.39 Å². The first-order chi connectivity index (χ1) is 8.79. The van der Waals surface area contributed by atoms with Crippen molar-refractivity contribution in [2.75, 3.05) is 13.7 Å². The number of hydrogen-bond acceptors (Lipinski definition) is 3. The zero-order valence-corrected chi connectivity index (χ0v) is 11.1.